The first-order valence-electron chi connectivity index (χ1n) is 12.2. The van der Waals surface area contributed by atoms with Gasteiger partial charge in [-0.05, 0) is 83.9 Å². The van der Waals surface area contributed by atoms with Crippen molar-refractivity contribution in [3.8, 4) is 0 Å². The molecule has 0 aliphatic heterocycles. The van der Waals surface area contributed by atoms with Gasteiger partial charge in [-0.2, -0.15) is 29.0 Å². The Bertz CT molecular complexity index is 863. The number of rotatable bonds is 19. The van der Waals surface area contributed by atoms with E-state index in [2.05, 4.69) is 0 Å². The van der Waals surface area contributed by atoms with Crippen LogP contribution in [0.2, 0.25) is 0 Å². The zero-order valence-corrected chi connectivity index (χ0v) is 24.0. The Labute approximate surface area is 214 Å². The van der Waals surface area contributed by atoms with Gasteiger partial charge in [-0.15, -0.1) is 0 Å². The average molecular weight is 559 g/mol. The van der Waals surface area contributed by atoms with Crippen LogP contribution in [-0.2, 0) is 27.9 Å². The van der Waals surface area contributed by atoms with Crippen molar-refractivity contribution in [1.82, 2.24) is 0 Å². The third kappa shape index (κ3) is 12.5. The topological polar surface area (TPSA) is 78.9 Å². The minimum Gasteiger partial charge on any atom is -0.302 e. The number of aryl methyl sites for hydroxylation is 1. The van der Waals surface area contributed by atoms with Crippen LogP contribution in [0.3, 0.4) is 0 Å². The summed E-state index contributed by atoms with van der Waals surface area (Å²) in [6, 6.07) is 6.56. The maximum absolute atomic E-state index is 14.6. The molecule has 0 N–H and O–H groups in total. The van der Waals surface area contributed by atoms with E-state index in [1.54, 1.807) is 63.7 Å². The van der Waals surface area contributed by atoms with Gasteiger partial charge in [0.05, 0.1) is 23.7 Å². The fourth-order valence-electron chi connectivity index (χ4n) is 3.12. The lowest BCUT2D eigenvalue weighted by Crippen LogP contribution is -2.24. The number of benzene rings is 1. The Morgan fingerprint density at radius 2 is 1.40 bits per heavy atom. The van der Waals surface area contributed by atoms with Gasteiger partial charge in [0.15, 0.2) is 0 Å². The van der Waals surface area contributed by atoms with E-state index >= 15 is 0 Å². The molecular formula is C24H41F2O6PS2. The molecule has 1 aromatic carbocycles. The van der Waals surface area contributed by atoms with Gasteiger partial charge in [-0.25, -0.2) is 0 Å². The van der Waals surface area contributed by atoms with Crippen molar-refractivity contribution in [1.29, 1.82) is 0 Å². The average Bonchev–Trinajstić information content (AvgIpc) is 2.73. The lowest BCUT2D eigenvalue weighted by Gasteiger charge is -2.29. The van der Waals surface area contributed by atoms with E-state index in [0.29, 0.717) is 12.8 Å². The maximum Gasteiger partial charge on any atom is 0.400 e. The third-order valence-corrected chi connectivity index (χ3v) is 9.75. The maximum atomic E-state index is 14.6. The number of thioether (sulfide) groups is 1. The van der Waals surface area contributed by atoms with Gasteiger partial charge in [-0.3, -0.25) is 8.75 Å². The van der Waals surface area contributed by atoms with E-state index < -0.39 is 42.0 Å². The molecule has 0 bridgehead atoms. The summed E-state index contributed by atoms with van der Waals surface area (Å²) in [5.74, 6) is 1.65. The van der Waals surface area contributed by atoms with Gasteiger partial charge >= 0.3 is 13.3 Å². The Balaban J connectivity index is 2.15. The quantitative estimate of drug-likeness (QED) is 0.0974. The van der Waals surface area contributed by atoms with Gasteiger partial charge in [0, 0.05) is 6.42 Å². The Hall–Kier alpha value is -0.510. The Kier molecular flexibility index (Phi) is 14.6. The molecule has 0 fully saturated rings. The molecule has 0 saturated carbocycles. The minimum absolute atomic E-state index is 0.155. The molecule has 1 rings (SSSR count). The summed E-state index contributed by atoms with van der Waals surface area (Å²) in [7, 11) is -8.24. The highest BCUT2D eigenvalue weighted by atomic mass is 32.2. The highest BCUT2D eigenvalue weighted by Crippen LogP contribution is 2.65. The summed E-state index contributed by atoms with van der Waals surface area (Å²) >= 11 is 1.70. The van der Waals surface area contributed by atoms with E-state index in [0.717, 1.165) is 36.3 Å². The van der Waals surface area contributed by atoms with Crippen LogP contribution in [0.15, 0.2) is 29.2 Å². The number of halogens is 2. The zero-order valence-electron chi connectivity index (χ0n) is 21.5. The fraction of sp³-hybridized carbons (Fsp3) is 0.750. The lowest BCUT2D eigenvalue weighted by molar-refractivity contribution is 0.0126. The smallest absolute Gasteiger partial charge is 0.302 e. The first-order chi connectivity index (χ1) is 16.3. The molecular weight excluding hydrogens is 517 g/mol. The van der Waals surface area contributed by atoms with E-state index in [-0.39, 0.29) is 17.9 Å². The van der Waals surface area contributed by atoms with Crippen molar-refractivity contribution in [2.75, 3.05) is 18.1 Å². The number of alkyl halides is 2. The predicted octanol–water partition coefficient (Wildman–Crippen LogP) is 7.80. The van der Waals surface area contributed by atoms with Crippen LogP contribution >= 0.6 is 19.4 Å². The fourth-order valence-corrected chi connectivity index (χ4v) is 6.98. The molecule has 0 aliphatic carbocycles. The highest BCUT2D eigenvalue weighted by Gasteiger charge is 2.53. The first kappa shape index (κ1) is 32.5. The van der Waals surface area contributed by atoms with Crippen molar-refractivity contribution in [2.45, 2.75) is 102 Å². The van der Waals surface area contributed by atoms with Crippen LogP contribution in [-0.4, -0.2) is 44.4 Å². The summed E-state index contributed by atoms with van der Waals surface area (Å²) in [6.07, 6.45) is 2.48. The van der Waals surface area contributed by atoms with Gasteiger partial charge in [0.25, 0.3) is 10.1 Å². The summed E-state index contributed by atoms with van der Waals surface area (Å²) in [5.41, 5.74) is -2.53. The predicted molar refractivity (Wildman–Crippen MR) is 139 cm³/mol. The van der Waals surface area contributed by atoms with Crippen molar-refractivity contribution >= 4 is 29.5 Å². The van der Waals surface area contributed by atoms with E-state index in [1.807, 2.05) is 6.92 Å². The van der Waals surface area contributed by atoms with Crippen LogP contribution in [0.5, 0.6) is 0 Å². The molecule has 0 aromatic heterocycles. The molecule has 0 atom stereocenters. The van der Waals surface area contributed by atoms with Crippen LogP contribution in [0.4, 0.5) is 8.78 Å². The molecule has 0 aliphatic rings. The van der Waals surface area contributed by atoms with Gasteiger partial charge in [0.1, 0.15) is 0 Å². The number of hydrogen-bond acceptors (Lipinski definition) is 7. The minimum atomic E-state index is -4.53. The molecule has 204 valence electrons. The van der Waals surface area contributed by atoms with Crippen LogP contribution in [0, 0.1) is 6.92 Å². The van der Waals surface area contributed by atoms with E-state index in [1.165, 1.54) is 0 Å². The second-order valence-electron chi connectivity index (χ2n) is 9.04. The van der Waals surface area contributed by atoms with Crippen LogP contribution in [0.1, 0.15) is 78.2 Å². The summed E-state index contributed by atoms with van der Waals surface area (Å²) in [6.45, 7) is 8.28. The van der Waals surface area contributed by atoms with Gasteiger partial charge < -0.3 is 9.05 Å². The summed E-state index contributed by atoms with van der Waals surface area (Å²) < 4.78 is 81.2. The van der Waals surface area contributed by atoms with E-state index in [4.69, 9.17) is 13.2 Å². The Morgan fingerprint density at radius 3 is 1.94 bits per heavy atom. The standard InChI is InChI=1S/C24H41F2O6PS2/c1-20(2)31-33(27,32-21(3)4)24(25,26)16-8-11-19-34-18-10-7-6-9-17-30-35(28,29)23-14-12-22(5)13-15-23/h12-15,20-21H,6-11,16-19H2,1-5H3. The van der Waals surface area contributed by atoms with Crippen molar-refractivity contribution in [3.05, 3.63) is 29.8 Å². The van der Waals surface area contributed by atoms with Crippen LogP contribution < -0.4 is 0 Å². The van der Waals surface area contributed by atoms with Gasteiger partial charge in [-0.1, -0.05) is 30.5 Å². The zero-order chi connectivity index (χ0) is 26.5. The monoisotopic (exact) mass is 558 g/mol. The molecule has 0 saturated heterocycles. The number of hydrogen-bond donors (Lipinski definition) is 0. The molecule has 0 radical (unpaired) electrons. The summed E-state index contributed by atoms with van der Waals surface area (Å²) in [4.78, 5) is 0.167. The second-order valence-corrected chi connectivity index (χ2v) is 14.0. The molecule has 35 heavy (non-hydrogen) atoms. The normalized spacial score (nSPS) is 13.2. The molecule has 0 amide bonds. The number of unbranched alkanes of at least 4 members (excludes halogenated alkanes) is 4. The molecule has 1 aromatic rings. The molecule has 0 unspecified atom stereocenters. The first-order valence-corrected chi connectivity index (χ1v) is 16.3. The molecule has 0 heterocycles. The lowest BCUT2D eigenvalue weighted by atomic mass is 10.2. The third-order valence-electron chi connectivity index (χ3n) is 4.85. The van der Waals surface area contributed by atoms with Crippen LogP contribution in [0.25, 0.3) is 0 Å². The second kappa shape index (κ2) is 15.7. The highest BCUT2D eigenvalue weighted by molar-refractivity contribution is 7.99. The largest absolute Gasteiger partial charge is 0.400 e. The SMILES string of the molecule is Cc1ccc(S(=O)(=O)OCCCCCCSCCCCC(F)(F)P(=O)(OC(C)C)OC(C)C)cc1. The molecule has 6 nitrogen and oxygen atoms in total. The molecule has 11 heteroatoms. The van der Waals surface area contributed by atoms with Crippen molar-refractivity contribution in [3.63, 3.8) is 0 Å². The van der Waals surface area contributed by atoms with Crippen molar-refractivity contribution in [2.24, 2.45) is 0 Å². The molecule has 0 spiro atoms. The van der Waals surface area contributed by atoms with Gasteiger partial charge in [0.2, 0.25) is 0 Å². The van der Waals surface area contributed by atoms with E-state index in [9.17, 15) is 21.8 Å². The summed E-state index contributed by atoms with van der Waals surface area (Å²) in [5, 5.41) is 0. The Morgan fingerprint density at radius 1 is 0.886 bits per heavy atom. The van der Waals surface area contributed by atoms with Crippen molar-refractivity contribution < 1.29 is 35.0 Å².